The van der Waals surface area contributed by atoms with Crippen LogP contribution in [-0.4, -0.2) is 61.7 Å². The fourth-order valence-electron chi connectivity index (χ4n) is 4.89. The van der Waals surface area contributed by atoms with Gasteiger partial charge in [-0.3, -0.25) is 9.59 Å². The highest BCUT2D eigenvalue weighted by atomic mass is 32.2. The van der Waals surface area contributed by atoms with E-state index in [0.29, 0.717) is 30.4 Å². The summed E-state index contributed by atoms with van der Waals surface area (Å²) in [6, 6.07) is 3.66. The molecule has 2 amide bonds. The van der Waals surface area contributed by atoms with Crippen molar-refractivity contribution < 1.29 is 18.0 Å². The molecule has 4 rings (SSSR count). The number of nitrogens with one attached hydrogen (secondary N) is 1. The van der Waals surface area contributed by atoms with Crippen LogP contribution in [0.15, 0.2) is 16.3 Å². The Morgan fingerprint density at radius 2 is 1.71 bits per heavy atom. The maximum atomic E-state index is 12.9. The zero-order chi connectivity index (χ0) is 21.8. The maximum absolute atomic E-state index is 12.9. The second-order valence-electron chi connectivity index (χ2n) is 9.03. The summed E-state index contributed by atoms with van der Waals surface area (Å²) in [5.41, 5.74) is 0. The second kappa shape index (κ2) is 10.0. The number of sulfonamides is 1. The third-order valence-electron chi connectivity index (χ3n) is 6.72. The largest absolute Gasteiger partial charge is 0.353 e. The minimum atomic E-state index is -3.44. The van der Waals surface area contributed by atoms with Crippen LogP contribution < -0.4 is 5.32 Å². The van der Waals surface area contributed by atoms with Gasteiger partial charge in [0.15, 0.2) is 0 Å². The Morgan fingerprint density at radius 1 is 0.968 bits per heavy atom. The van der Waals surface area contributed by atoms with Gasteiger partial charge in [0.2, 0.25) is 11.8 Å². The minimum Gasteiger partial charge on any atom is -0.353 e. The molecule has 3 aliphatic rings. The Hall–Kier alpha value is -1.45. The fourth-order valence-corrected chi connectivity index (χ4v) is 7.91. The SMILES string of the molecule is O=C(NC1CCCCC1)[C@@H]1CCCN(C(=O)Cc2ccc(S(=O)(=O)N3CCCC3)s2)C1. The van der Waals surface area contributed by atoms with E-state index >= 15 is 0 Å². The molecule has 1 aliphatic carbocycles. The van der Waals surface area contributed by atoms with E-state index in [1.165, 1.54) is 34.9 Å². The third kappa shape index (κ3) is 5.49. The first-order valence-corrected chi connectivity index (χ1v) is 13.9. The van der Waals surface area contributed by atoms with Crippen LogP contribution in [0.2, 0.25) is 0 Å². The lowest BCUT2D eigenvalue weighted by atomic mass is 9.93. The number of amides is 2. The van der Waals surface area contributed by atoms with E-state index in [1.54, 1.807) is 17.0 Å². The van der Waals surface area contributed by atoms with Crippen LogP contribution in [0, 0.1) is 5.92 Å². The van der Waals surface area contributed by atoms with Crippen LogP contribution in [0.3, 0.4) is 0 Å². The molecular formula is C22H33N3O4S2. The Labute approximate surface area is 189 Å². The van der Waals surface area contributed by atoms with Gasteiger partial charge < -0.3 is 10.2 Å². The van der Waals surface area contributed by atoms with Crippen LogP contribution in [0.5, 0.6) is 0 Å². The molecule has 172 valence electrons. The molecule has 0 spiro atoms. The summed E-state index contributed by atoms with van der Waals surface area (Å²) < 4.78 is 27.3. The van der Waals surface area contributed by atoms with Gasteiger partial charge in [0.25, 0.3) is 10.0 Å². The minimum absolute atomic E-state index is 0.0258. The van der Waals surface area contributed by atoms with Crippen molar-refractivity contribution in [2.45, 2.75) is 74.5 Å². The van der Waals surface area contributed by atoms with E-state index in [0.717, 1.165) is 43.4 Å². The van der Waals surface area contributed by atoms with Gasteiger partial charge in [-0.05, 0) is 50.7 Å². The fraction of sp³-hybridized carbons (Fsp3) is 0.727. The highest BCUT2D eigenvalue weighted by molar-refractivity contribution is 7.91. The van der Waals surface area contributed by atoms with Crippen LogP contribution in [0.4, 0.5) is 0 Å². The Bertz CT molecular complexity index is 886. The number of likely N-dealkylation sites (tertiary alicyclic amines) is 1. The molecule has 1 aromatic rings. The first-order chi connectivity index (χ1) is 14.9. The molecule has 1 atom stereocenters. The van der Waals surface area contributed by atoms with Crippen LogP contribution in [0.25, 0.3) is 0 Å². The molecule has 0 radical (unpaired) electrons. The lowest BCUT2D eigenvalue weighted by Gasteiger charge is -2.33. The molecule has 2 aliphatic heterocycles. The number of thiophene rings is 1. The summed E-state index contributed by atoms with van der Waals surface area (Å²) in [6.07, 6.45) is 9.37. The molecule has 0 aromatic carbocycles. The van der Waals surface area contributed by atoms with E-state index in [-0.39, 0.29) is 30.2 Å². The smallest absolute Gasteiger partial charge is 0.252 e. The molecule has 2 saturated heterocycles. The topological polar surface area (TPSA) is 86.8 Å². The summed E-state index contributed by atoms with van der Waals surface area (Å²) >= 11 is 1.19. The van der Waals surface area contributed by atoms with Crippen molar-refractivity contribution in [2.75, 3.05) is 26.2 Å². The van der Waals surface area contributed by atoms with Gasteiger partial charge in [0.1, 0.15) is 4.21 Å². The van der Waals surface area contributed by atoms with E-state index in [1.807, 2.05) is 0 Å². The molecule has 3 fully saturated rings. The number of hydrogen-bond acceptors (Lipinski definition) is 5. The van der Waals surface area contributed by atoms with Crippen LogP contribution in [0.1, 0.15) is 62.7 Å². The number of rotatable bonds is 6. The predicted molar refractivity (Wildman–Crippen MR) is 120 cm³/mol. The van der Waals surface area contributed by atoms with Crippen molar-refractivity contribution in [1.82, 2.24) is 14.5 Å². The standard InChI is InChI=1S/C22H33N3O4S2/c26-20(15-19-10-11-21(30-19)31(28,29)25-13-4-5-14-25)24-12-6-7-17(16-24)22(27)23-18-8-2-1-3-9-18/h10-11,17-18H,1-9,12-16H2,(H,23,27)/t17-/m1/s1. The highest BCUT2D eigenvalue weighted by Crippen LogP contribution is 2.28. The van der Waals surface area contributed by atoms with Crippen LogP contribution >= 0.6 is 11.3 Å². The zero-order valence-electron chi connectivity index (χ0n) is 18.1. The second-order valence-corrected chi connectivity index (χ2v) is 12.4. The van der Waals surface area contributed by atoms with Crippen molar-refractivity contribution in [1.29, 1.82) is 0 Å². The summed E-state index contributed by atoms with van der Waals surface area (Å²) in [6.45, 7) is 2.28. The van der Waals surface area contributed by atoms with Crippen molar-refractivity contribution in [3.05, 3.63) is 17.0 Å². The van der Waals surface area contributed by atoms with E-state index in [4.69, 9.17) is 0 Å². The zero-order valence-corrected chi connectivity index (χ0v) is 19.7. The summed E-state index contributed by atoms with van der Waals surface area (Å²) in [5.74, 6) is -0.0873. The number of carbonyl (C=O) groups is 2. The Morgan fingerprint density at radius 3 is 2.45 bits per heavy atom. The first kappa shape index (κ1) is 22.7. The number of carbonyl (C=O) groups excluding carboxylic acids is 2. The van der Waals surface area contributed by atoms with Crippen molar-refractivity contribution in [2.24, 2.45) is 5.92 Å². The maximum Gasteiger partial charge on any atom is 0.252 e. The van der Waals surface area contributed by atoms with Gasteiger partial charge in [-0.25, -0.2) is 8.42 Å². The molecule has 0 unspecified atom stereocenters. The van der Waals surface area contributed by atoms with Gasteiger partial charge in [0, 0.05) is 37.1 Å². The number of nitrogens with zero attached hydrogens (tertiary/aromatic N) is 2. The van der Waals surface area contributed by atoms with Gasteiger partial charge in [-0.2, -0.15) is 4.31 Å². The quantitative estimate of drug-likeness (QED) is 0.697. The van der Waals surface area contributed by atoms with Crippen molar-refractivity contribution in [3.8, 4) is 0 Å². The normalized spacial score (nSPS) is 23.7. The first-order valence-electron chi connectivity index (χ1n) is 11.6. The summed E-state index contributed by atoms with van der Waals surface area (Å²) in [7, 11) is -3.44. The third-order valence-corrected chi connectivity index (χ3v) is 10.2. The molecule has 1 N–H and O–H groups in total. The predicted octanol–water partition coefficient (Wildman–Crippen LogP) is 2.76. The van der Waals surface area contributed by atoms with Crippen molar-refractivity contribution >= 4 is 33.2 Å². The lowest BCUT2D eigenvalue weighted by molar-refractivity contribution is -0.135. The Kier molecular flexibility index (Phi) is 7.33. The molecule has 1 saturated carbocycles. The molecule has 31 heavy (non-hydrogen) atoms. The molecule has 9 heteroatoms. The molecule has 0 bridgehead atoms. The number of hydrogen-bond donors (Lipinski definition) is 1. The average Bonchev–Trinajstić information content (AvgIpc) is 3.48. The van der Waals surface area contributed by atoms with Gasteiger partial charge >= 0.3 is 0 Å². The number of piperidine rings is 1. The summed E-state index contributed by atoms with van der Waals surface area (Å²) in [4.78, 5) is 28.1. The average molecular weight is 468 g/mol. The van der Waals surface area contributed by atoms with Gasteiger partial charge in [-0.15, -0.1) is 11.3 Å². The van der Waals surface area contributed by atoms with Crippen LogP contribution in [-0.2, 0) is 26.0 Å². The monoisotopic (exact) mass is 467 g/mol. The Balaban J connectivity index is 1.32. The molecule has 1 aromatic heterocycles. The molecule has 7 nitrogen and oxygen atoms in total. The lowest BCUT2D eigenvalue weighted by Crippen LogP contribution is -2.48. The molecule has 3 heterocycles. The van der Waals surface area contributed by atoms with Gasteiger partial charge in [0.05, 0.1) is 12.3 Å². The van der Waals surface area contributed by atoms with E-state index < -0.39 is 10.0 Å². The van der Waals surface area contributed by atoms with E-state index in [9.17, 15) is 18.0 Å². The molecular weight excluding hydrogens is 434 g/mol. The van der Waals surface area contributed by atoms with E-state index in [2.05, 4.69) is 5.32 Å². The highest BCUT2D eigenvalue weighted by Gasteiger charge is 2.31. The summed E-state index contributed by atoms with van der Waals surface area (Å²) in [5, 5.41) is 3.20. The van der Waals surface area contributed by atoms with Gasteiger partial charge in [-0.1, -0.05) is 19.3 Å². The van der Waals surface area contributed by atoms with Crippen molar-refractivity contribution in [3.63, 3.8) is 0 Å².